The van der Waals surface area contributed by atoms with E-state index in [4.69, 9.17) is 9.47 Å². The van der Waals surface area contributed by atoms with Crippen LogP contribution in [0.1, 0.15) is 46.6 Å². The van der Waals surface area contributed by atoms with E-state index in [1.54, 1.807) is 7.11 Å². The van der Waals surface area contributed by atoms with Gasteiger partial charge >= 0.3 is 0 Å². The number of ether oxygens (including phenoxy) is 2. The molecule has 0 unspecified atom stereocenters. The van der Waals surface area contributed by atoms with E-state index in [1.165, 1.54) is 0 Å². The van der Waals surface area contributed by atoms with Crippen molar-refractivity contribution in [2.75, 3.05) is 19.0 Å². The van der Waals surface area contributed by atoms with Gasteiger partial charge in [0.05, 0.1) is 6.61 Å². The molecule has 0 heterocycles. The van der Waals surface area contributed by atoms with Gasteiger partial charge in [0.1, 0.15) is 11.4 Å². The summed E-state index contributed by atoms with van der Waals surface area (Å²) in [5.74, 6) is 1.59. The molecule has 4 nitrogen and oxygen atoms in total. The van der Waals surface area contributed by atoms with Gasteiger partial charge in [0.15, 0.2) is 0 Å². The number of carbonyl (C=O) groups is 1. The first kappa shape index (κ1) is 19.5. The van der Waals surface area contributed by atoms with Crippen LogP contribution in [-0.4, -0.2) is 25.2 Å². The highest BCUT2D eigenvalue weighted by atomic mass is 16.5. The van der Waals surface area contributed by atoms with Crippen LogP contribution < -0.4 is 10.1 Å². The fraction of sp³-hybridized carbons (Fsp3) is 0.632. The maximum atomic E-state index is 12.5. The number of benzene rings is 1. The Balaban J connectivity index is 2.80. The van der Waals surface area contributed by atoms with Gasteiger partial charge in [-0.05, 0) is 55.9 Å². The van der Waals surface area contributed by atoms with Crippen LogP contribution >= 0.6 is 0 Å². The maximum Gasteiger partial charge on any atom is 0.256 e. The Morgan fingerprint density at radius 2 is 1.87 bits per heavy atom. The number of hydrogen-bond acceptors (Lipinski definition) is 3. The minimum atomic E-state index is -0.825. The number of rotatable bonds is 8. The summed E-state index contributed by atoms with van der Waals surface area (Å²) in [6.07, 6.45) is 0.671. The molecule has 1 atom stereocenters. The molecular formula is C19H31NO3. The van der Waals surface area contributed by atoms with E-state index in [0.717, 1.165) is 17.0 Å². The predicted molar refractivity (Wildman–Crippen MR) is 95.0 cm³/mol. The first-order valence-corrected chi connectivity index (χ1v) is 8.28. The minimum Gasteiger partial charge on any atom is -0.493 e. The van der Waals surface area contributed by atoms with Gasteiger partial charge in [-0.1, -0.05) is 27.7 Å². The number of aryl methyl sites for hydroxylation is 1. The molecule has 0 aliphatic carbocycles. The van der Waals surface area contributed by atoms with Crippen LogP contribution in [0.3, 0.4) is 0 Å². The van der Waals surface area contributed by atoms with E-state index in [0.29, 0.717) is 24.9 Å². The summed E-state index contributed by atoms with van der Waals surface area (Å²) >= 11 is 0. The topological polar surface area (TPSA) is 47.6 Å². The van der Waals surface area contributed by atoms with Crippen molar-refractivity contribution in [3.63, 3.8) is 0 Å². The Kier molecular flexibility index (Phi) is 7.07. The molecule has 130 valence electrons. The Labute approximate surface area is 140 Å². The van der Waals surface area contributed by atoms with Crippen LogP contribution in [0.15, 0.2) is 18.2 Å². The normalized spacial score (nSPS) is 14.0. The molecule has 1 aromatic carbocycles. The van der Waals surface area contributed by atoms with E-state index < -0.39 is 5.60 Å². The second-order valence-corrected chi connectivity index (χ2v) is 7.17. The van der Waals surface area contributed by atoms with Gasteiger partial charge in [0.2, 0.25) is 0 Å². The number of carbonyl (C=O) groups excluding carboxylic acids is 1. The Hall–Kier alpha value is -1.55. The Morgan fingerprint density at radius 3 is 2.35 bits per heavy atom. The van der Waals surface area contributed by atoms with Crippen LogP contribution in [0.5, 0.6) is 5.75 Å². The highest BCUT2D eigenvalue weighted by molar-refractivity contribution is 5.97. The van der Waals surface area contributed by atoms with Crippen molar-refractivity contribution in [1.29, 1.82) is 0 Å². The average molecular weight is 321 g/mol. The van der Waals surface area contributed by atoms with Crippen LogP contribution in [0.2, 0.25) is 0 Å². The van der Waals surface area contributed by atoms with E-state index in [1.807, 2.05) is 32.0 Å². The molecule has 0 saturated heterocycles. The molecule has 0 radical (unpaired) electrons. The molecule has 0 saturated carbocycles. The average Bonchev–Trinajstić information content (AvgIpc) is 2.45. The number of anilines is 1. The van der Waals surface area contributed by atoms with Gasteiger partial charge in [0, 0.05) is 12.8 Å². The lowest BCUT2D eigenvalue weighted by molar-refractivity contribution is -0.137. The third kappa shape index (κ3) is 5.87. The first-order chi connectivity index (χ1) is 10.7. The quantitative estimate of drug-likeness (QED) is 0.771. The molecule has 1 rings (SSSR count). The van der Waals surface area contributed by atoms with Crippen molar-refractivity contribution in [2.24, 2.45) is 11.8 Å². The molecule has 0 fully saturated rings. The Morgan fingerprint density at radius 1 is 1.22 bits per heavy atom. The van der Waals surface area contributed by atoms with Crippen LogP contribution in [0, 0.1) is 18.8 Å². The largest absolute Gasteiger partial charge is 0.493 e. The molecule has 0 aliphatic heterocycles. The molecular weight excluding hydrogens is 290 g/mol. The fourth-order valence-electron chi connectivity index (χ4n) is 2.46. The van der Waals surface area contributed by atoms with Crippen molar-refractivity contribution in [1.82, 2.24) is 0 Å². The molecule has 1 N–H and O–H groups in total. The van der Waals surface area contributed by atoms with E-state index in [-0.39, 0.29) is 5.91 Å². The summed E-state index contributed by atoms with van der Waals surface area (Å²) in [6.45, 7) is 12.9. The zero-order chi connectivity index (χ0) is 17.6. The lowest BCUT2D eigenvalue weighted by atomic mass is 9.93. The lowest BCUT2D eigenvalue weighted by Gasteiger charge is -2.28. The summed E-state index contributed by atoms with van der Waals surface area (Å²) in [5.41, 5.74) is 0.942. The third-order valence-electron chi connectivity index (χ3n) is 3.73. The SMILES string of the molecule is CO[C@@](C)(CC(C)C)C(=O)Nc1ccc(OCC(C)C)c(C)c1. The number of amides is 1. The fourth-order valence-corrected chi connectivity index (χ4v) is 2.46. The van der Waals surface area contributed by atoms with Crippen molar-refractivity contribution in [3.05, 3.63) is 23.8 Å². The molecule has 0 aromatic heterocycles. The minimum absolute atomic E-state index is 0.121. The monoisotopic (exact) mass is 321 g/mol. The number of hydrogen-bond donors (Lipinski definition) is 1. The van der Waals surface area contributed by atoms with Crippen molar-refractivity contribution in [3.8, 4) is 5.75 Å². The van der Waals surface area contributed by atoms with Crippen LogP contribution in [0.25, 0.3) is 0 Å². The maximum absolute atomic E-state index is 12.5. The van der Waals surface area contributed by atoms with Crippen molar-refractivity contribution < 1.29 is 14.3 Å². The van der Waals surface area contributed by atoms with Gasteiger partial charge in [-0.15, -0.1) is 0 Å². The number of nitrogens with one attached hydrogen (secondary N) is 1. The van der Waals surface area contributed by atoms with Gasteiger partial charge in [0.25, 0.3) is 5.91 Å². The molecule has 0 bridgehead atoms. The molecule has 1 amide bonds. The molecule has 23 heavy (non-hydrogen) atoms. The summed E-state index contributed by atoms with van der Waals surface area (Å²) in [7, 11) is 1.58. The zero-order valence-corrected chi connectivity index (χ0v) is 15.5. The van der Waals surface area contributed by atoms with Gasteiger partial charge in [-0.2, -0.15) is 0 Å². The second kappa shape index (κ2) is 8.34. The first-order valence-electron chi connectivity index (χ1n) is 8.28. The third-order valence-corrected chi connectivity index (χ3v) is 3.73. The van der Waals surface area contributed by atoms with Crippen molar-refractivity contribution >= 4 is 11.6 Å². The summed E-state index contributed by atoms with van der Waals surface area (Å²) in [6, 6.07) is 5.70. The zero-order valence-electron chi connectivity index (χ0n) is 15.5. The summed E-state index contributed by atoms with van der Waals surface area (Å²) < 4.78 is 11.2. The van der Waals surface area contributed by atoms with Crippen LogP contribution in [-0.2, 0) is 9.53 Å². The van der Waals surface area contributed by atoms with E-state index >= 15 is 0 Å². The number of methoxy groups -OCH3 is 1. The summed E-state index contributed by atoms with van der Waals surface area (Å²) in [4.78, 5) is 12.5. The predicted octanol–water partition coefficient (Wildman–Crippen LogP) is 4.42. The standard InChI is InChI=1S/C19H31NO3/c1-13(2)11-19(6,22-7)18(21)20-16-8-9-17(15(5)10-16)23-12-14(3)4/h8-10,13-14H,11-12H2,1-7H3,(H,20,21)/t19-/m0/s1. The van der Waals surface area contributed by atoms with Gasteiger partial charge in [-0.3, -0.25) is 4.79 Å². The second-order valence-electron chi connectivity index (χ2n) is 7.17. The molecule has 0 aliphatic rings. The van der Waals surface area contributed by atoms with Gasteiger partial charge in [-0.25, -0.2) is 0 Å². The highest BCUT2D eigenvalue weighted by Crippen LogP contribution is 2.25. The smallest absolute Gasteiger partial charge is 0.256 e. The van der Waals surface area contributed by atoms with E-state index in [9.17, 15) is 4.79 Å². The van der Waals surface area contributed by atoms with Crippen LogP contribution in [0.4, 0.5) is 5.69 Å². The molecule has 0 spiro atoms. The summed E-state index contributed by atoms with van der Waals surface area (Å²) in [5, 5.41) is 2.95. The van der Waals surface area contributed by atoms with Gasteiger partial charge < -0.3 is 14.8 Å². The molecule has 1 aromatic rings. The van der Waals surface area contributed by atoms with Crippen molar-refractivity contribution in [2.45, 2.75) is 53.6 Å². The molecule has 4 heteroatoms. The highest BCUT2D eigenvalue weighted by Gasteiger charge is 2.33. The Bertz CT molecular complexity index is 525. The van der Waals surface area contributed by atoms with E-state index in [2.05, 4.69) is 33.0 Å². The lowest BCUT2D eigenvalue weighted by Crippen LogP contribution is -2.43.